The van der Waals surface area contributed by atoms with Crippen molar-refractivity contribution in [1.29, 1.82) is 0 Å². The number of hydrogen-bond acceptors (Lipinski definition) is 3. The molecule has 1 saturated heterocycles. The summed E-state index contributed by atoms with van der Waals surface area (Å²) < 4.78 is 5.02. The Morgan fingerprint density at radius 3 is 2.47 bits per heavy atom. The molecule has 86 valence electrons. The van der Waals surface area contributed by atoms with E-state index in [9.17, 15) is 4.79 Å². The Labute approximate surface area is 90.8 Å². The van der Waals surface area contributed by atoms with Crippen LogP contribution in [0.2, 0.25) is 0 Å². The lowest BCUT2D eigenvalue weighted by molar-refractivity contribution is -0.121. The second-order valence-electron chi connectivity index (χ2n) is 4.52. The zero-order valence-corrected chi connectivity index (χ0v) is 9.13. The van der Waals surface area contributed by atoms with Gasteiger partial charge in [0.1, 0.15) is 0 Å². The van der Waals surface area contributed by atoms with Crippen molar-refractivity contribution in [3.8, 4) is 0 Å². The minimum atomic E-state index is 0.133. The quantitative estimate of drug-likeness (QED) is 0.710. The van der Waals surface area contributed by atoms with E-state index < -0.39 is 0 Å². The number of rotatable bonds is 4. The molecule has 0 unspecified atom stereocenters. The van der Waals surface area contributed by atoms with E-state index in [2.05, 4.69) is 10.6 Å². The summed E-state index contributed by atoms with van der Waals surface area (Å²) in [5.41, 5.74) is 0. The van der Waals surface area contributed by atoms with Gasteiger partial charge in [0.05, 0.1) is 25.8 Å². The molecule has 2 N–H and O–H groups in total. The lowest BCUT2D eigenvalue weighted by Gasteiger charge is -2.27. The molecule has 1 amide bonds. The van der Waals surface area contributed by atoms with Crippen LogP contribution in [0.4, 0.5) is 0 Å². The summed E-state index contributed by atoms with van der Waals surface area (Å²) in [6, 6.07) is 0.813. The number of ether oxygens (including phenoxy) is 1. The summed E-state index contributed by atoms with van der Waals surface area (Å²) in [6.07, 6.45) is 6.14. The number of carbonyl (C=O) groups excluding carboxylic acids is 1. The summed E-state index contributed by atoms with van der Waals surface area (Å²) in [7, 11) is 0. The molecule has 0 aromatic heterocycles. The van der Waals surface area contributed by atoms with Crippen molar-refractivity contribution in [2.75, 3.05) is 19.8 Å². The Kier molecular flexibility index (Phi) is 3.97. The highest BCUT2D eigenvalue weighted by atomic mass is 16.5. The van der Waals surface area contributed by atoms with Gasteiger partial charge < -0.3 is 15.4 Å². The van der Waals surface area contributed by atoms with Gasteiger partial charge in [0.25, 0.3) is 0 Å². The molecule has 1 aliphatic heterocycles. The first-order chi connectivity index (χ1) is 7.34. The molecule has 1 saturated carbocycles. The molecule has 0 aromatic rings. The molecule has 0 spiro atoms. The van der Waals surface area contributed by atoms with E-state index >= 15 is 0 Å². The van der Waals surface area contributed by atoms with Crippen LogP contribution in [0.15, 0.2) is 0 Å². The normalized spacial score (nSPS) is 23.5. The summed E-state index contributed by atoms with van der Waals surface area (Å²) in [5, 5.41) is 6.25. The maximum absolute atomic E-state index is 11.5. The van der Waals surface area contributed by atoms with Crippen LogP contribution in [0.5, 0.6) is 0 Å². The van der Waals surface area contributed by atoms with Crippen LogP contribution in [-0.4, -0.2) is 37.7 Å². The van der Waals surface area contributed by atoms with E-state index in [1.807, 2.05) is 0 Å². The Bertz CT molecular complexity index is 211. The van der Waals surface area contributed by atoms with E-state index in [0.29, 0.717) is 18.6 Å². The van der Waals surface area contributed by atoms with Gasteiger partial charge in [-0.25, -0.2) is 0 Å². The van der Waals surface area contributed by atoms with Crippen molar-refractivity contribution in [2.24, 2.45) is 0 Å². The number of hydrogen-bond donors (Lipinski definition) is 2. The standard InChI is InChI=1S/C11H20N2O2/c14-11(6-12-10-7-15-8-10)13-9-4-2-1-3-5-9/h9-10,12H,1-8H2,(H,13,14). The van der Waals surface area contributed by atoms with Gasteiger partial charge in [-0.3, -0.25) is 4.79 Å². The van der Waals surface area contributed by atoms with Crippen LogP contribution in [0, 0.1) is 0 Å². The van der Waals surface area contributed by atoms with Gasteiger partial charge in [0, 0.05) is 6.04 Å². The Morgan fingerprint density at radius 2 is 1.87 bits per heavy atom. The Morgan fingerprint density at radius 1 is 1.13 bits per heavy atom. The van der Waals surface area contributed by atoms with E-state index in [1.165, 1.54) is 19.3 Å². The number of carbonyl (C=O) groups is 1. The van der Waals surface area contributed by atoms with Crippen LogP contribution in [-0.2, 0) is 9.53 Å². The summed E-state index contributed by atoms with van der Waals surface area (Å²) in [5.74, 6) is 0.133. The molecule has 0 radical (unpaired) electrons. The van der Waals surface area contributed by atoms with Crippen molar-refractivity contribution >= 4 is 5.91 Å². The molecule has 15 heavy (non-hydrogen) atoms. The Hall–Kier alpha value is -0.610. The largest absolute Gasteiger partial charge is 0.378 e. The number of amides is 1. The zero-order chi connectivity index (χ0) is 10.5. The molecule has 0 aromatic carbocycles. The van der Waals surface area contributed by atoms with Gasteiger partial charge in [-0.05, 0) is 12.8 Å². The lowest BCUT2D eigenvalue weighted by Crippen LogP contribution is -2.50. The average Bonchev–Trinajstić information content (AvgIpc) is 2.17. The lowest BCUT2D eigenvalue weighted by atomic mass is 9.95. The van der Waals surface area contributed by atoms with Crippen LogP contribution in [0.1, 0.15) is 32.1 Å². The molecule has 4 nitrogen and oxygen atoms in total. The van der Waals surface area contributed by atoms with Gasteiger partial charge in [0.15, 0.2) is 0 Å². The molecule has 0 atom stereocenters. The van der Waals surface area contributed by atoms with Crippen molar-refractivity contribution in [1.82, 2.24) is 10.6 Å². The SMILES string of the molecule is O=C(CNC1COC1)NC1CCCCC1. The summed E-state index contributed by atoms with van der Waals surface area (Å²) >= 11 is 0. The fraction of sp³-hybridized carbons (Fsp3) is 0.909. The summed E-state index contributed by atoms with van der Waals surface area (Å²) in [6.45, 7) is 1.93. The predicted octanol–water partition coefficient (Wildman–Crippen LogP) is 0.424. The second-order valence-corrected chi connectivity index (χ2v) is 4.52. The second kappa shape index (κ2) is 5.47. The maximum Gasteiger partial charge on any atom is 0.234 e. The van der Waals surface area contributed by atoms with Crippen LogP contribution >= 0.6 is 0 Å². The van der Waals surface area contributed by atoms with Crippen LogP contribution in [0.3, 0.4) is 0 Å². The fourth-order valence-corrected chi connectivity index (χ4v) is 2.12. The molecule has 0 bridgehead atoms. The highest BCUT2D eigenvalue weighted by Crippen LogP contribution is 2.17. The fourth-order valence-electron chi connectivity index (χ4n) is 2.12. The first-order valence-corrected chi connectivity index (χ1v) is 5.95. The third kappa shape index (κ3) is 3.47. The average molecular weight is 212 g/mol. The van der Waals surface area contributed by atoms with Crippen molar-refractivity contribution < 1.29 is 9.53 Å². The van der Waals surface area contributed by atoms with Gasteiger partial charge in [-0.1, -0.05) is 19.3 Å². The third-order valence-electron chi connectivity index (χ3n) is 3.16. The molecule has 4 heteroatoms. The van der Waals surface area contributed by atoms with Crippen LogP contribution in [0.25, 0.3) is 0 Å². The zero-order valence-electron chi connectivity index (χ0n) is 9.13. The molecular formula is C11H20N2O2. The molecule has 2 fully saturated rings. The topological polar surface area (TPSA) is 50.4 Å². The van der Waals surface area contributed by atoms with E-state index in [-0.39, 0.29) is 5.91 Å². The molecule has 2 aliphatic rings. The van der Waals surface area contributed by atoms with Gasteiger partial charge in [-0.2, -0.15) is 0 Å². The molecule has 1 heterocycles. The molecule has 2 rings (SSSR count). The Balaban J connectivity index is 1.58. The minimum absolute atomic E-state index is 0.133. The molecular weight excluding hydrogens is 192 g/mol. The predicted molar refractivity (Wildman–Crippen MR) is 57.6 cm³/mol. The van der Waals surface area contributed by atoms with Gasteiger partial charge >= 0.3 is 0 Å². The van der Waals surface area contributed by atoms with Crippen LogP contribution < -0.4 is 10.6 Å². The van der Waals surface area contributed by atoms with E-state index in [4.69, 9.17) is 4.74 Å². The van der Waals surface area contributed by atoms with Gasteiger partial charge in [0.2, 0.25) is 5.91 Å². The van der Waals surface area contributed by atoms with Crippen molar-refractivity contribution in [2.45, 2.75) is 44.2 Å². The van der Waals surface area contributed by atoms with E-state index in [1.54, 1.807) is 0 Å². The third-order valence-corrected chi connectivity index (χ3v) is 3.16. The van der Waals surface area contributed by atoms with Gasteiger partial charge in [-0.15, -0.1) is 0 Å². The summed E-state index contributed by atoms with van der Waals surface area (Å²) in [4.78, 5) is 11.5. The first-order valence-electron chi connectivity index (χ1n) is 5.95. The minimum Gasteiger partial charge on any atom is -0.378 e. The van der Waals surface area contributed by atoms with Crippen molar-refractivity contribution in [3.63, 3.8) is 0 Å². The molecule has 1 aliphatic carbocycles. The van der Waals surface area contributed by atoms with E-state index in [0.717, 1.165) is 26.1 Å². The smallest absolute Gasteiger partial charge is 0.234 e. The maximum atomic E-state index is 11.5. The highest BCUT2D eigenvalue weighted by molar-refractivity contribution is 5.78. The first kappa shape index (κ1) is 10.9. The van der Waals surface area contributed by atoms with Crippen molar-refractivity contribution in [3.05, 3.63) is 0 Å². The monoisotopic (exact) mass is 212 g/mol. The highest BCUT2D eigenvalue weighted by Gasteiger charge is 2.20. The number of nitrogens with one attached hydrogen (secondary N) is 2.